The van der Waals surface area contributed by atoms with E-state index in [1.807, 2.05) is 30.4 Å². The van der Waals surface area contributed by atoms with Gasteiger partial charge in [-0.2, -0.15) is 0 Å². The molecule has 0 spiro atoms. The van der Waals surface area contributed by atoms with E-state index in [1.165, 1.54) is 17.4 Å². The molecule has 110 valence electrons. The summed E-state index contributed by atoms with van der Waals surface area (Å²) in [5, 5.41) is 14.9. The summed E-state index contributed by atoms with van der Waals surface area (Å²) >= 11 is 1.54. The molecule has 0 atom stereocenters. The van der Waals surface area contributed by atoms with Crippen molar-refractivity contribution in [1.29, 1.82) is 0 Å². The highest BCUT2D eigenvalue weighted by atomic mass is 32.1. The van der Waals surface area contributed by atoms with Gasteiger partial charge in [0.15, 0.2) is 5.13 Å². The van der Waals surface area contributed by atoms with Crippen LogP contribution in [-0.4, -0.2) is 30.1 Å². The first-order chi connectivity index (χ1) is 10.0. The minimum Gasteiger partial charge on any atom is -0.508 e. The number of benzene rings is 1. The molecule has 1 aromatic heterocycles. The number of nitrogens with one attached hydrogen (secondary N) is 1. The lowest BCUT2D eigenvalue weighted by molar-refractivity contribution is -0.116. The monoisotopic (exact) mass is 303 g/mol. The molecule has 1 amide bonds. The molecule has 0 aliphatic carbocycles. The van der Waals surface area contributed by atoms with Gasteiger partial charge < -0.3 is 15.3 Å². The van der Waals surface area contributed by atoms with E-state index in [1.54, 1.807) is 24.3 Å². The number of phenolic OH excluding ortho intramolecular Hbond substituents is 1. The molecule has 1 heterocycles. The van der Waals surface area contributed by atoms with Gasteiger partial charge in [0.1, 0.15) is 5.75 Å². The molecule has 0 saturated carbocycles. The van der Waals surface area contributed by atoms with Crippen molar-refractivity contribution >= 4 is 28.5 Å². The van der Waals surface area contributed by atoms with Crippen molar-refractivity contribution in [2.75, 3.05) is 19.0 Å². The van der Waals surface area contributed by atoms with Crippen LogP contribution in [0.15, 0.2) is 35.7 Å². The minimum absolute atomic E-state index is 0.177. The first kappa shape index (κ1) is 15.1. The number of thiazole rings is 1. The third kappa shape index (κ3) is 4.61. The Bertz CT molecular complexity index is 650. The number of anilines is 1. The molecule has 0 fully saturated rings. The van der Waals surface area contributed by atoms with Crippen LogP contribution >= 0.6 is 11.3 Å². The summed E-state index contributed by atoms with van der Waals surface area (Å²) in [7, 11) is 3.86. The summed E-state index contributed by atoms with van der Waals surface area (Å²) in [4.78, 5) is 18.0. The number of carbonyl (C=O) groups excluding carboxylic acids is 1. The van der Waals surface area contributed by atoms with Crippen LogP contribution in [0, 0.1) is 0 Å². The lowest BCUT2D eigenvalue weighted by Gasteiger charge is -2.05. The van der Waals surface area contributed by atoms with Gasteiger partial charge in [0.2, 0.25) is 5.91 Å². The predicted octanol–water partition coefficient (Wildman–Crippen LogP) is 2.24. The Labute approximate surface area is 127 Å². The summed E-state index contributed by atoms with van der Waals surface area (Å²) in [6, 6.07) is 6.72. The van der Waals surface area contributed by atoms with E-state index in [4.69, 9.17) is 0 Å². The highest BCUT2D eigenvalue weighted by Crippen LogP contribution is 2.17. The molecule has 21 heavy (non-hydrogen) atoms. The number of rotatable bonds is 5. The van der Waals surface area contributed by atoms with Crippen LogP contribution in [0.4, 0.5) is 5.13 Å². The SMILES string of the molecule is CN(C)c1nc(CNC(=O)C=Cc2cccc(O)c2)cs1. The number of aromatic hydroxyl groups is 1. The maximum absolute atomic E-state index is 11.7. The van der Waals surface area contributed by atoms with Crippen LogP contribution in [-0.2, 0) is 11.3 Å². The Kier molecular flexibility index (Phi) is 4.94. The topological polar surface area (TPSA) is 65.5 Å². The second-order valence-electron chi connectivity index (χ2n) is 4.66. The number of phenols is 1. The van der Waals surface area contributed by atoms with E-state index in [0.29, 0.717) is 6.54 Å². The van der Waals surface area contributed by atoms with Crippen molar-refractivity contribution in [3.05, 3.63) is 47.0 Å². The Morgan fingerprint density at radius 1 is 1.48 bits per heavy atom. The summed E-state index contributed by atoms with van der Waals surface area (Å²) in [5.41, 5.74) is 1.61. The third-order valence-electron chi connectivity index (χ3n) is 2.66. The Balaban J connectivity index is 1.87. The van der Waals surface area contributed by atoms with Gasteiger partial charge in [-0.1, -0.05) is 12.1 Å². The molecule has 0 aliphatic rings. The second-order valence-corrected chi connectivity index (χ2v) is 5.50. The average molecular weight is 303 g/mol. The summed E-state index contributed by atoms with van der Waals surface area (Å²) in [5.74, 6) is -0.0195. The molecule has 6 heteroatoms. The van der Waals surface area contributed by atoms with Crippen LogP contribution in [0.5, 0.6) is 5.75 Å². The lowest BCUT2D eigenvalue weighted by Crippen LogP contribution is -2.20. The van der Waals surface area contributed by atoms with Crippen LogP contribution in [0.3, 0.4) is 0 Å². The van der Waals surface area contributed by atoms with Gasteiger partial charge in [0, 0.05) is 25.6 Å². The van der Waals surface area contributed by atoms with Crippen LogP contribution < -0.4 is 10.2 Å². The minimum atomic E-state index is -0.197. The van der Waals surface area contributed by atoms with E-state index < -0.39 is 0 Å². The van der Waals surface area contributed by atoms with Crippen molar-refractivity contribution in [2.24, 2.45) is 0 Å². The Hall–Kier alpha value is -2.34. The molecule has 2 aromatic rings. The molecule has 5 nitrogen and oxygen atoms in total. The fraction of sp³-hybridized carbons (Fsp3) is 0.200. The normalized spacial score (nSPS) is 10.8. The Morgan fingerprint density at radius 3 is 2.95 bits per heavy atom. The molecule has 0 unspecified atom stereocenters. The van der Waals surface area contributed by atoms with Crippen LogP contribution in [0.2, 0.25) is 0 Å². The lowest BCUT2D eigenvalue weighted by atomic mass is 10.2. The van der Waals surface area contributed by atoms with Crippen molar-refractivity contribution in [3.8, 4) is 5.75 Å². The first-order valence-electron chi connectivity index (χ1n) is 6.41. The summed E-state index contributed by atoms with van der Waals surface area (Å²) in [6.45, 7) is 0.396. The Morgan fingerprint density at radius 2 is 2.29 bits per heavy atom. The molecule has 1 aromatic carbocycles. The van der Waals surface area contributed by atoms with Gasteiger partial charge in [-0.25, -0.2) is 4.98 Å². The van der Waals surface area contributed by atoms with Crippen LogP contribution in [0.25, 0.3) is 6.08 Å². The summed E-state index contributed by atoms with van der Waals surface area (Å²) in [6.07, 6.45) is 3.09. The molecule has 0 radical (unpaired) electrons. The zero-order valence-corrected chi connectivity index (χ0v) is 12.7. The predicted molar refractivity (Wildman–Crippen MR) is 85.4 cm³/mol. The van der Waals surface area contributed by atoms with E-state index in [0.717, 1.165) is 16.4 Å². The van der Waals surface area contributed by atoms with E-state index in [-0.39, 0.29) is 11.7 Å². The number of carbonyl (C=O) groups is 1. The van der Waals surface area contributed by atoms with Crippen molar-refractivity contribution in [2.45, 2.75) is 6.54 Å². The molecule has 0 saturated heterocycles. The fourth-order valence-corrected chi connectivity index (χ4v) is 2.38. The molecule has 0 aliphatic heterocycles. The van der Waals surface area contributed by atoms with Crippen molar-refractivity contribution in [3.63, 3.8) is 0 Å². The van der Waals surface area contributed by atoms with Gasteiger partial charge in [-0.15, -0.1) is 11.3 Å². The van der Waals surface area contributed by atoms with E-state index >= 15 is 0 Å². The largest absolute Gasteiger partial charge is 0.508 e. The van der Waals surface area contributed by atoms with Gasteiger partial charge in [-0.05, 0) is 23.8 Å². The quantitative estimate of drug-likeness (QED) is 0.832. The van der Waals surface area contributed by atoms with Crippen molar-refractivity contribution in [1.82, 2.24) is 10.3 Å². The zero-order valence-electron chi connectivity index (χ0n) is 11.9. The molecule has 0 bridgehead atoms. The first-order valence-corrected chi connectivity index (χ1v) is 7.29. The highest BCUT2D eigenvalue weighted by Gasteiger charge is 2.04. The maximum atomic E-state index is 11.7. The van der Waals surface area contributed by atoms with E-state index in [2.05, 4.69) is 10.3 Å². The second kappa shape index (κ2) is 6.90. The number of amides is 1. The standard InChI is InChI=1S/C15H17N3O2S/c1-18(2)15-17-12(10-21-15)9-16-14(20)7-6-11-4-3-5-13(19)8-11/h3-8,10,19H,9H2,1-2H3,(H,16,20). The van der Waals surface area contributed by atoms with Gasteiger partial charge in [0.25, 0.3) is 0 Å². The smallest absolute Gasteiger partial charge is 0.244 e. The fourth-order valence-electron chi connectivity index (χ4n) is 1.62. The highest BCUT2D eigenvalue weighted by molar-refractivity contribution is 7.13. The van der Waals surface area contributed by atoms with E-state index in [9.17, 15) is 9.90 Å². The molecular formula is C15H17N3O2S. The molecule has 2 N–H and O–H groups in total. The average Bonchev–Trinajstić information content (AvgIpc) is 2.92. The van der Waals surface area contributed by atoms with Crippen molar-refractivity contribution < 1.29 is 9.90 Å². The van der Waals surface area contributed by atoms with Gasteiger partial charge >= 0.3 is 0 Å². The number of aromatic nitrogens is 1. The zero-order chi connectivity index (χ0) is 15.2. The third-order valence-corrected chi connectivity index (χ3v) is 3.72. The number of hydrogen-bond acceptors (Lipinski definition) is 5. The number of hydrogen-bond donors (Lipinski definition) is 2. The van der Waals surface area contributed by atoms with Gasteiger partial charge in [-0.3, -0.25) is 4.79 Å². The maximum Gasteiger partial charge on any atom is 0.244 e. The van der Waals surface area contributed by atoms with Gasteiger partial charge in [0.05, 0.1) is 12.2 Å². The molecular weight excluding hydrogens is 286 g/mol. The van der Waals surface area contributed by atoms with Crippen LogP contribution in [0.1, 0.15) is 11.3 Å². The molecule has 2 rings (SSSR count). The summed E-state index contributed by atoms with van der Waals surface area (Å²) < 4.78 is 0. The number of nitrogens with zero attached hydrogens (tertiary/aromatic N) is 2.